The first-order chi connectivity index (χ1) is 14.7. The third-order valence-electron chi connectivity index (χ3n) is 5.47. The molecule has 0 spiro atoms. The Hall–Kier alpha value is -2.97. The summed E-state index contributed by atoms with van der Waals surface area (Å²) in [6.45, 7) is 6.36. The zero-order valence-electron chi connectivity index (χ0n) is 16.7. The van der Waals surface area contributed by atoms with Crippen molar-refractivity contribution < 1.29 is 9.53 Å². The van der Waals surface area contributed by atoms with Gasteiger partial charge >= 0.3 is 0 Å². The maximum absolute atomic E-state index is 11.9. The number of amides is 1. The van der Waals surface area contributed by atoms with Crippen LogP contribution in [0.5, 0.6) is 5.75 Å². The molecule has 30 heavy (non-hydrogen) atoms. The molecule has 1 saturated heterocycles. The van der Waals surface area contributed by atoms with Crippen LogP contribution < -0.4 is 15.0 Å². The molecule has 2 aliphatic rings. The summed E-state index contributed by atoms with van der Waals surface area (Å²) in [6.07, 6.45) is -0.445. The Morgan fingerprint density at radius 2 is 1.93 bits per heavy atom. The fourth-order valence-electron chi connectivity index (χ4n) is 3.76. The zero-order chi connectivity index (χ0) is 20.5. The van der Waals surface area contributed by atoms with Crippen LogP contribution in [-0.2, 0) is 11.3 Å². The van der Waals surface area contributed by atoms with Crippen molar-refractivity contribution in [3.8, 4) is 17.1 Å². The standard InChI is InChI=1S/C22H23N5O2S/c1-15-21(28)23-18-13-16(7-8-19(18)29-15)14-26-9-11-27(12-10-26)22-24-20(25-30-22)17-5-3-2-4-6-17/h2-8,13,15H,9-12,14H2,1H3,(H,23,28). The van der Waals surface area contributed by atoms with Gasteiger partial charge in [-0.3, -0.25) is 9.69 Å². The van der Waals surface area contributed by atoms with Crippen molar-refractivity contribution in [2.45, 2.75) is 19.6 Å². The lowest BCUT2D eigenvalue weighted by Gasteiger charge is -2.34. The predicted octanol–water partition coefficient (Wildman–Crippen LogP) is 3.25. The van der Waals surface area contributed by atoms with E-state index in [-0.39, 0.29) is 5.91 Å². The van der Waals surface area contributed by atoms with Gasteiger partial charge in [0.2, 0.25) is 5.13 Å². The van der Waals surface area contributed by atoms with Crippen LogP contribution in [0, 0.1) is 0 Å². The van der Waals surface area contributed by atoms with E-state index in [1.165, 1.54) is 17.1 Å². The fraction of sp³-hybridized carbons (Fsp3) is 0.318. The van der Waals surface area contributed by atoms with Crippen LogP contribution >= 0.6 is 11.5 Å². The van der Waals surface area contributed by atoms with Gasteiger partial charge in [0.25, 0.3) is 5.91 Å². The molecular formula is C22H23N5O2S. The molecule has 1 atom stereocenters. The summed E-state index contributed by atoms with van der Waals surface area (Å²) >= 11 is 1.46. The molecule has 1 amide bonds. The van der Waals surface area contributed by atoms with Crippen LogP contribution in [0.25, 0.3) is 11.4 Å². The van der Waals surface area contributed by atoms with Crippen molar-refractivity contribution in [2.75, 3.05) is 36.4 Å². The average Bonchev–Trinajstić information content (AvgIpc) is 3.26. The average molecular weight is 422 g/mol. The first-order valence-electron chi connectivity index (χ1n) is 10.1. The lowest BCUT2D eigenvalue weighted by Crippen LogP contribution is -2.46. The second kappa shape index (κ2) is 8.04. The summed E-state index contributed by atoms with van der Waals surface area (Å²) in [5, 5.41) is 3.91. The van der Waals surface area contributed by atoms with Crippen LogP contribution in [-0.4, -0.2) is 52.4 Å². The highest BCUT2D eigenvalue weighted by molar-refractivity contribution is 7.09. The maximum Gasteiger partial charge on any atom is 0.265 e. The van der Waals surface area contributed by atoms with E-state index in [1.807, 2.05) is 42.5 Å². The largest absolute Gasteiger partial charge is 0.479 e. The Balaban J connectivity index is 1.20. The van der Waals surface area contributed by atoms with Crippen LogP contribution in [0.15, 0.2) is 48.5 Å². The molecule has 3 heterocycles. The monoisotopic (exact) mass is 421 g/mol. The van der Waals surface area contributed by atoms with E-state index in [0.717, 1.165) is 60.7 Å². The van der Waals surface area contributed by atoms with Gasteiger partial charge in [-0.2, -0.15) is 9.36 Å². The molecule has 1 aromatic heterocycles. The second-order valence-electron chi connectivity index (χ2n) is 7.61. The summed E-state index contributed by atoms with van der Waals surface area (Å²) in [6, 6.07) is 16.1. The molecule has 3 aromatic rings. The van der Waals surface area contributed by atoms with E-state index in [4.69, 9.17) is 9.72 Å². The second-order valence-corrected chi connectivity index (χ2v) is 8.34. The highest BCUT2D eigenvalue weighted by Gasteiger charge is 2.24. The van der Waals surface area contributed by atoms with Gasteiger partial charge in [-0.15, -0.1) is 0 Å². The highest BCUT2D eigenvalue weighted by atomic mass is 32.1. The molecule has 0 saturated carbocycles. The minimum Gasteiger partial charge on any atom is -0.479 e. The van der Waals surface area contributed by atoms with Crippen molar-refractivity contribution in [1.82, 2.24) is 14.3 Å². The Morgan fingerprint density at radius 1 is 1.13 bits per heavy atom. The van der Waals surface area contributed by atoms with Gasteiger partial charge in [0.05, 0.1) is 5.69 Å². The summed E-state index contributed by atoms with van der Waals surface area (Å²) in [5.41, 5.74) is 2.98. The van der Waals surface area contributed by atoms with E-state index in [1.54, 1.807) is 6.92 Å². The normalized spacial score (nSPS) is 19.2. The lowest BCUT2D eigenvalue weighted by molar-refractivity contribution is -0.122. The Morgan fingerprint density at radius 3 is 2.73 bits per heavy atom. The van der Waals surface area contributed by atoms with E-state index in [2.05, 4.69) is 25.6 Å². The number of carbonyl (C=O) groups excluding carboxylic acids is 1. The van der Waals surface area contributed by atoms with Gasteiger partial charge in [0, 0.05) is 49.8 Å². The zero-order valence-corrected chi connectivity index (χ0v) is 17.6. The number of aromatic nitrogens is 2. The van der Waals surface area contributed by atoms with Gasteiger partial charge in [-0.05, 0) is 24.6 Å². The number of hydrogen-bond donors (Lipinski definition) is 1. The van der Waals surface area contributed by atoms with E-state index in [0.29, 0.717) is 0 Å². The van der Waals surface area contributed by atoms with Gasteiger partial charge in [-0.1, -0.05) is 36.4 Å². The summed E-state index contributed by atoms with van der Waals surface area (Å²) < 4.78 is 10.2. The summed E-state index contributed by atoms with van der Waals surface area (Å²) in [7, 11) is 0. The number of hydrogen-bond acceptors (Lipinski definition) is 7. The van der Waals surface area contributed by atoms with Crippen LogP contribution in [0.1, 0.15) is 12.5 Å². The van der Waals surface area contributed by atoms with E-state index < -0.39 is 6.10 Å². The molecule has 1 N–H and O–H groups in total. The minimum atomic E-state index is -0.445. The molecule has 0 radical (unpaired) electrons. The van der Waals surface area contributed by atoms with Crippen molar-refractivity contribution in [2.24, 2.45) is 0 Å². The molecule has 8 heteroatoms. The summed E-state index contributed by atoms with van der Waals surface area (Å²) in [4.78, 5) is 21.3. The number of anilines is 2. The Labute approximate surface area is 179 Å². The van der Waals surface area contributed by atoms with Crippen LogP contribution in [0.3, 0.4) is 0 Å². The first-order valence-corrected chi connectivity index (χ1v) is 10.9. The topological polar surface area (TPSA) is 70.6 Å². The molecule has 5 rings (SSSR count). The van der Waals surface area contributed by atoms with Gasteiger partial charge in [0.15, 0.2) is 11.9 Å². The number of piperazine rings is 1. The van der Waals surface area contributed by atoms with Gasteiger partial charge in [-0.25, -0.2) is 0 Å². The number of fused-ring (bicyclic) bond motifs is 1. The van der Waals surface area contributed by atoms with Gasteiger partial charge < -0.3 is 15.0 Å². The molecule has 154 valence electrons. The SMILES string of the molecule is CC1Oc2ccc(CN3CCN(c4nc(-c5ccccc5)ns4)CC3)cc2NC1=O. The van der Waals surface area contributed by atoms with Crippen molar-refractivity contribution in [3.63, 3.8) is 0 Å². The molecule has 2 aliphatic heterocycles. The number of ether oxygens (including phenoxy) is 1. The van der Waals surface area contributed by atoms with Crippen LogP contribution in [0.4, 0.5) is 10.8 Å². The first kappa shape index (κ1) is 19.0. The smallest absolute Gasteiger partial charge is 0.265 e. The predicted molar refractivity (Wildman–Crippen MR) is 118 cm³/mol. The number of nitrogens with one attached hydrogen (secondary N) is 1. The molecule has 0 bridgehead atoms. The number of nitrogens with zero attached hydrogens (tertiary/aromatic N) is 4. The van der Waals surface area contributed by atoms with Crippen molar-refractivity contribution >= 4 is 28.3 Å². The molecule has 2 aromatic carbocycles. The van der Waals surface area contributed by atoms with Crippen LogP contribution in [0.2, 0.25) is 0 Å². The third kappa shape index (κ3) is 3.88. The fourth-order valence-corrected chi connectivity index (χ4v) is 4.50. The number of benzene rings is 2. The Kier molecular flexibility index (Phi) is 5.10. The van der Waals surface area contributed by atoms with E-state index >= 15 is 0 Å². The highest BCUT2D eigenvalue weighted by Crippen LogP contribution is 2.31. The van der Waals surface area contributed by atoms with Crippen molar-refractivity contribution in [1.29, 1.82) is 0 Å². The molecule has 1 fully saturated rings. The van der Waals surface area contributed by atoms with Crippen molar-refractivity contribution in [3.05, 3.63) is 54.1 Å². The Bertz CT molecular complexity index is 1050. The minimum absolute atomic E-state index is 0.0970. The molecule has 0 aliphatic carbocycles. The summed E-state index contributed by atoms with van der Waals surface area (Å²) in [5.74, 6) is 1.44. The molecule has 1 unspecified atom stereocenters. The third-order valence-corrected chi connectivity index (χ3v) is 6.25. The quantitative estimate of drug-likeness (QED) is 0.697. The molecule has 7 nitrogen and oxygen atoms in total. The maximum atomic E-state index is 11.9. The number of rotatable bonds is 4. The van der Waals surface area contributed by atoms with Gasteiger partial charge in [0.1, 0.15) is 5.75 Å². The number of carbonyl (C=O) groups is 1. The molecular weight excluding hydrogens is 398 g/mol. The lowest BCUT2D eigenvalue weighted by atomic mass is 10.1. The van der Waals surface area contributed by atoms with E-state index in [9.17, 15) is 4.79 Å².